The van der Waals surface area contributed by atoms with Crippen LogP contribution in [0, 0.1) is 17.1 Å². The Labute approximate surface area is 181 Å². The molecule has 3 atom stereocenters. The highest BCUT2D eigenvalue weighted by Gasteiger charge is 2.52. The van der Waals surface area contributed by atoms with Gasteiger partial charge in [0.25, 0.3) is 0 Å². The number of nitrogens with two attached hydrogens (primary N) is 1. The minimum Gasteiger partial charge on any atom is -0.465 e. The highest BCUT2D eigenvalue weighted by Crippen LogP contribution is 2.41. The standard InChI is InChI=1S/C22H27FN6O2/c1-13-5-8-16(26-21(30)31)12-29(13,22(2,3)4)19-10-18(27-20(25)28-19)14-6-7-15(11-24)17(23)9-14/h6-7,9-10,13,16,26H,5,8,12H2,1-4H3,(H2-,25,27,28,30,31)/p+1/t13-,16+,29?/m1/s1. The van der Waals surface area contributed by atoms with Crippen LogP contribution in [0.3, 0.4) is 0 Å². The van der Waals surface area contributed by atoms with Crippen LogP contribution in [0.2, 0.25) is 0 Å². The van der Waals surface area contributed by atoms with E-state index in [-0.39, 0.29) is 29.1 Å². The number of carbonyl (C=O) groups is 1. The van der Waals surface area contributed by atoms with Gasteiger partial charge in [0.2, 0.25) is 11.8 Å². The molecule has 164 valence electrons. The lowest BCUT2D eigenvalue weighted by atomic mass is 9.87. The summed E-state index contributed by atoms with van der Waals surface area (Å²) in [5.74, 6) is 0.0826. The van der Waals surface area contributed by atoms with Crippen molar-refractivity contribution in [3.63, 3.8) is 0 Å². The minimum absolute atomic E-state index is 0.0450. The molecule has 8 nitrogen and oxygen atoms in total. The van der Waals surface area contributed by atoms with Gasteiger partial charge >= 0.3 is 6.09 Å². The van der Waals surface area contributed by atoms with Crippen LogP contribution < -0.4 is 15.5 Å². The molecule has 0 radical (unpaired) electrons. The number of anilines is 1. The van der Waals surface area contributed by atoms with Crippen molar-refractivity contribution in [3.8, 4) is 17.3 Å². The summed E-state index contributed by atoms with van der Waals surface area (Å²) in [6, 6.07) is 7.81. The van der Waals surface area contributed by atoms with Crippen LogP contribution in [0.15, 0.2) is 24.3 Å². The van der Waals surface area contributed by atoms with E-state index in [0.717, 1.165) is 12.8 Å². The number of hydrogen-bond donors (Lipinski definition) is 3. The summed E-state index contributed by atoms with van der Waals surface area (Å²) in [4.78, 5) is 20.2. The number of nitriles is 1. The third kappa shape index (κ3) is 4.16. The quantitative estimate of drug-likeness (QED) is 0.642. The van der Waals surface area contributed by atoms with E-state index in [4.69, 9.17) is 11.0 Å². The molecule has 0 aliphatic carbocycles. The molecule has 1 aromatic carbocycles. The first-order valence-corrected chi connectivity index (χ1v) is 10.2. The number of carboxylic acid groups (broad SMARTS) is 1. The van der Waals surface area contributed by atoms with Gasteiger partial charge in [-0.1, -0.05) is 6.07 Å². The van der Waals surface area contributed by atoms with Crippen LogP contribution in [0.1, 0.15) is 46.1 Å². The van der Waals surface area contributed by atoms with Gasteiger partial charge in [-0.05, 0) is 46.2 Å². The Bertz CT molecular complexity index is 1050. The molecule has 1 aromatic heterocycles. The van der Waals surface area contributed by atoms with E-state index in [1.54, 1.807) is 12.1 Å². The van der Waals surface area contributed by atoms with E-state index in [1.807, 2.05) is 6.07 Å². The molecule has 0 bridgehead atoms. The number of quaternary nitrogens is 1. The fourth-order valence-corrected chi connectivity index (χ4v) is 4.74. The van der Waals surface area contributed by atoms with Crippen molar-refractivity contribution in [1.29, 1.82) is 5.26 Å². The van der Waals surface area contributed by atoms with Crippen LogP contribution in [0.5, 0.6) is 0 Å². The molecule has 1 fully saturated rings. The molecule has 1 aliphatic heterocycles. The van der Waals surface area contributed by atoms with Gasteiger partial charge in [-0.3, -0.25) is 4.48 Å². The van der Waals surface area contributed by atoms with E-state index in [9.17, 15) is 14.3 Å². The second kappa shape index (κ2) is 8.12. The Hall–Kier alpha value is -3.25. The van der Waals surface area contributed by atoms with Crippen molar-refractivity contribution in [1.82, 2.24) is 19.8 Å². The molecule has 2 heterocycles. The van der Waals surface area contributed by atoms with E-state index in [1.165, 1.54) is 12.1 Å². The lowest BCUT2D eigenvalue weighted by Crippen LogP contribution is -2.72. The molecule has 1 amide bonds. The van der Waals surface area contributed by atoms with Crippen LogP contribution in [-0.4, -0.2) is 45.3 Å². The molecular formula is C22H28FN6O2+. The number of hydrogen-bond acceptors (Lipinski definition) is 5. The SMILES string of the molecule is C[C@@H]1CC[C@H](NC(=O)O)C[N+]1(c1cc(-c2ccc(C#N)c(F)c2)nc(N)n1)C(C)(C)C. The summed E-state index contributed by atoms with van der Waals surface area (Å²) in [5.41, 5.74) is 6.64. The molecule has 1 aliphatic rings. The van der Waals surface area contributed by atoms with Crippen LogP contribution in [-0.2, 0) is 0 Å². The normalized spacial score (nSPS) is 23.7. The molecule has 0 saturated carbocycles. The van der Waals surface area contributed by atoms with Gasteiger partial charge in [-0.15, -0.1) is 0 Å². The van der Waals surface area contributed by atoms with Gasteiger partial charge in [-0.2, -0.15) is 10.2 Å². The minimum atomic E-state index is -1.05. The second-order valence-corrected chi connectivity index (χ2v) is 9.07. The maximum Gasteiger partial charge on any atom is 0.405 e. The average molecular weight is 428 g/mol. The largest absolute Gasteiger partial charge is 0.465 e. The summed E-state index contributed by atoms with van der Waals surface area (Å²) < 4.78 is 14.6. The Morgan fingerprint density at radius 1 is 1.32 bits per heavy atom. The fraction of sp³-hybridized carbons (Fsp3) is 0.455. The topological polar surface area (TPSA) is 125 Å². The number of amides is 1. The molecule has 2 aromatic rings. The predicted octanol–water partition coefficient (Wildman–Crippen LogP) is 3.66. The second-order valence-electron chi connectivity index (χ2n) is 9.07. The van der Waals surface area contributed by atoms with Crippen LogP contribution >= 0.6 is 0 Å². The zero-order valence-electron chi connectivity index (χ0n) is 18.2. The van der Waals surface area contributed by atoms with Crippen molar-refractivity contribution in [3.05, 3.63) is 35.6 Å². The van der Waals surface area contributed by atoms with Crippen molar-refractivity contribution in [2.24, 2.45) is 0 Å². The summed E-state index contributed by atoms with van der Waals surface area (Å²) in [6.07, 6.45) is 0.479. The predicted molar refractivity (Wildman–Crippen MR) is 117 cm³/mol. The van der Waals surface area contributed by atoms with Gasteiger partial charge in [0.05, 0.1) is 28.9 Å². The number of aromatic nitrogens is 2. The number of nitrogens with zero attached hydrogens (tertiary/aromatic N) is 4. The molecule has 4 N–H and O–H groups in total. The molecule has 9 heteroatoms. The average Bonchev–Trinajstić information content (AvgIpc) is 2.67. The van der Waals surface area contributed by atoms with E-state index >= 15 is 0 Å². The first kappa shape index (κ1) is 22.4. The molecular weight excluding hydrogens is 399 g/mol. The highest BCUT2D eigenvalue weighted by molar-refractivity contribution is 5.66. The number of likely N-dealkylation sites (tertiary alicyclic amines) is 1. The third-order valence-electron chi connectivity index (χ3n) is 6.24. The Morgan fingerprint density at radius 2 is 2.03 bits per heavy atom. The maximum atomic E-state index is 14.2. The van der Waals surface area contributed by atoms with Gasteiger partial charge < -0.3 is 16.2 Å². The third-order valence-corrected chi connectivity index (χ3v) is 6.24. The van der Waals surface area contributed by atoms with Crippen molar-refractivity contribution in [2.75, 3.05) is 12.3 Å². The Kier molecular flexibility index (Phi) is 5.87. The van der Waals surface area contributed by atoms with Crippen LogP contribution in [0.25, 0.3) is 11.3 Å². The van der Waals surface area contributed by atoms with Gasteiger partial charge in [0.15, 0.2) is 0 Å². The zero-order valence-corrected chi connectivity index (χ0v) is 18.2. The molecule has 1 saturated heterocycles. The summed E-state index contributed by atoms with van der Waals surface area (Å²) in [6.45, 7) is 8.90. The number of nitrogen functional groups attached to an aromatic ring is 1. The van der Waals surface area contributed by atoms with Crippen LogP contribution in [0.4, 0.5) is 21.0 Å². The molecule has 0 spiro atoms. The first-order valence-electron chi connectivity index (χ1n) is 10.2. The number of halogens is 1. The summed E-state index contributed by atoms with van der Waals surface area (Å²) in [5, 5.41) is 20.9. The van der Waals surface area contributed by atoms with Gasteiger partial charge in [0, 0.05) is 18.1 Å². The maximum absolute atomic E-state index is 14.2. The number of benzene rings is 1. The zero-order chi connectivity index (χ0) is 23.0. The Balaban J connectivity index is 2.16. The summed E-state index contributed by atoms with van der Waals surface area (Å²) in [7, 11) is 0. The number of piperidine rings is 1. The van der Waals surface area contributed by atoms with E-state index in [2.05, 4.69) is 43.0 Å². The smallest absolute Gasteiger partial charge is 0.405 e. The fourth-order valence-electron chi connectivity index (χ4n) is 4.74. The molecule has 1 unspecified atom stereocenters. The summed E-state index contributed by atoms with van der Waals surface area (Å²) >= 11 is 0. The number of nitrogens with one attached hydrogen (secondary N) is 1. The highest BCUT2D eigenvalue weighted by atomic mass is 19.1. The monoisotopic (exact) mass is 427 g/mol. The van der Waals surface area contributed by atoms with E-state index < -0.39 is 11.9 Å². The van der Waals surface area contributed by atoms with Crippen molar-refractivity contribution < 1.29 is 14.3 Å². The van der Waals surface area contributed by atoms with Gasteiger partial charge in [0.1, 0.15) is 18.4 Å². The first-order chi connectivity index (χ1) is 14.5. The lowest BCUT2D eigenvalue weighted by molar-refractivity contribution is 0.0465. The van der Waals surface area contributed by atoms with Crippen molar-refractivity contribution in [2.45, 2.75) is 58.2 Å². The van der Waals surface area contributed by atoms with Gasteiger partial charge in [-0.25, -0.2) is 14.2 Å². The van der Waals surface area contributed by atoms with E-state index in [0.29, 0.717) is 28.1 Å². The number of rotatable bonds is 3. The molecule has 31 heavy (non-hydrogen) atoms. The lowest BCUT2D eigenvalue weighted by Gasteiger charge is -2.55. The molecule has 3 rings (SSSR count). The van der Waals surface area contributed by atoms with Crippen molar-refractivity contribution >= 4 is 17.9 Å². The Morgan fingerprint density at radius 3 is 2.61 bits per heavy atom.